The first-order valence-corrected chi connectivity index (χ1v) is 5.09. The van der Waals surface area contributed by atoms with Gasteiger partial charge in [0.25, 0.3) is 0 Å². The van der Waals surface area contributed by atoms with Gasteiger partial charge in [-0.1, -0.05) is 13.8 Å². The molecule has 4 heteroatoms. The van der Waals surface area contributed by atoms with Crippen LogP contribution in [-0.4, -0.2) is 16.8 Å². The molecule has 1 aromatic heterocycles. The maximum atomic E-state index is 6.08. The van der Waals surface area contributed by atoms with E-state index in [4.69, 9.17) is 10.5 Å². The number of rotatable bonds is 2. The number of nitrogens with one attached hydrogen (secondary N) is 1. The molecule has 0 spiro atoms. The van der Waals surface area contributed by atoms with Crippen molar-refractivity contribution in [1.82, 2.24) is 10.2 Å². The topological polar surface area (TPSA) is 63.9 Å². The second-order valence-corrected chi connectivity index (χ2v) is 4.14. The summed E-state index contributed by atoms with van der Waals surface area (Å²) in [7, 11) is 0. The Hall–Kier alpha value is -0.870. The number of aromatic amines is 1. The summed E-state index contributed by atoms with van der Waals surface area (Å²) in [6.45, 7) is 5.66. The third kappa shape index (κ3) is 1.55. The van der Waals surface area contributed by atoms with Crippen LogP contribution in [0.1, 0.15) is 36.8 Å². The van der Waals surface area contributed by atoms with Crippen molar-refractivity contribution in [3.63, 3.8) is 0 Å². The van der Waals surface area contributed by atoms with Gasteiger partial charge in [-0.15, -0.1) is 0 Å². The quantitative estimate of drug-likeness (QED) is 0.743. The summed E-state index contributed by atoms with van der Waals surface area (Å²) in [6, 6.07) is 0.0353. The van der Waals surface area contributed by atoms with E-state index in [2.05, 4.69) is 24.0 Å². The van der Waals surface area contributed by atoms with E-state index in [1.54, 1.807) is 0 Å². The monoisotopic (exact) mass is 195 g/mol. The molecule has 0 bridgehead atoms. The molecule has 0 aromatic carbocycles. The van der Waals surface area contributed by atoms with Gasteiger partial charge in [-0.2, -0.15) is 5.10 Å². The van der Waals surface area contributed by atoms with Gasteiger partial charge in [0.15, 0.2) is 0 Å². The Morgan fingerprint density at radius 2 is 2.29 bits per heavy atom. The van der Waals surface area contributed by atoms with E-state index in [1.165, 1.54) is 5.56 Å². The van der Waals surface area contributed by atoms with Crippen molar-refractivity contribution in [1.29, 1.82) is 0 Å². The lowest BCUT2D eigenvalue weighted by Crippen LogP contribution is -2.20. The van der Waals surface area contributed by atoms with Crippen LogP contribution in [0.25, 0.3) is 0 Å². The molecule has 1 aliphatic rings. The summed E-state index contributed by atoms with van der Waals surface area (Å²) < 4.78 is 5.34. The number of hydrogen-bond donors (Lipinski definition) is 2. The lowest BCUT2D eigenvalue weighted by atomic mass is 9.96. The molecule has 1 aliphatic heterocycles. The Bertz CT molecular complexity index is 319. The van der Waals surface area contributed by atoms with Crippen LogP contribution in [0.5, 0.6) is 0 Å². The van der Waals surface area contributed by atoms with Crippen LogP contribution in [0.4, 0.5) is 0 Å². The van der Waals surface area contributed by atoms with Crippen molar-refractivity contribution < 1.29 is 4.74 Å². The second kappa shape index (κ2) is 3.71. The van der Waals surface area contributed by atoms with E-state index < -0.39 is 0 Å². The largest absolute Gasteiger partial charge is 0.375 e. The van der Waals surface area contributed by atoms with Gasteiger partial charge >= 0.3 is 0 Å². The van der Waals surface area contributed by atoms with E-state index in [9.17, 15) is 0 Å². The predicted octanol–water partition coefficient (Wildman–Crippen LogP) is 1.14. The minimum absolute atomic E-state index is 0.0353. The third-order valence-corrected chi connectivity index (χ3v) is 2.76. The standard InChI is InChI=1S/C10H17N3O/c1-6(2)9(11)10-7-3-4-14-5-8(7)12-13-10/h6,9H,3-5,11H2,1-2H3,(H,12,13). The highest BCUT2D eigenvalue weighted by atomic mass is 16.5. The van der Waals surface area contributed by atoms with E-state index in [1.807, 2.05) is 0 Å². The van der Waals surface area contributed by atoms with Gasteiger partial charge in [0.2, 0.25) is 0 Å². The highest BCUT2D eigenvalue weighted by Gasteiger charge is 2.22. The van der Waals surface area contributed by atoms with Crippen LogP contribution < -0.4 is 5.73 Å². The predicted molar refractivity (Wildman–Crippen MR) is 53.7 cm³/mol. The van der Waals surface area contributed by atoms with Crippen molar-refractivity contribution in [2.45, 2.75) is 32.9 Å². The van der Waals surface area contributed by atoms with Gasteiger partial charge < -0.3 is 10.5 Å². The van der Waals surface area contributed by atoms with E-state index in [0.717, 1.165) is 24.4 Å². The molecule has 3 N–H and O–H groups in total. The zero-order valence-corrected chi connectivity index (χ0v) is 8.71. The molecule has 4 nitrogen and oxygen atoms in total. The zero-order valence-electron chi connectivity index (χ0n) is 8.71. The van der Waals surface area contributed by atoms with Crippen molar-refractivity contribution in [2.24, 2.45) is 11.7 Å². The van der Waals surface area contributed by atoms with Crippen LogP contribution >= 0.6 is 0 Å². The lowest BCUT2D eigenvalue weighted by molar-refractivity contribution is 0.108. The molecule has 14 heavy (non-hydrogen) atoms. The first-order chi connectivity index (χ1) is 6.70. The Morgan fingerprint density at radius 3 is 3.00 bits per heavy atom. The molecule has 1 aromatic rings. The van der Waals surface area contributed by atoms with E-state index in [0.29, 0.717) is 12.5 Å². The number of hydrogen-bond acceptors (Lipinski definition) is 3. The molecule has 2 heterocycles. The van der Waals surface area contributed by atoms with Gasteiger partial charge in [-0.05, 0) is 12.3 Å². The number of ether oxygens (including phenoxy) is 1. The van der Waals surface area contributed by atoms with Crippen molar-refractivity contribution >= 4 is 0 Å². The molecule has 0 fully saturated rings. The van der Waals surface area contributed by atoms with Crippen molar-refractivity contribution in [2.75, 3.05) is 6.61 Å². The first kappa shape index (κ1) is 9.68. The number of H-pyrrole nitrogens is 1. The molecule has 0 aliphatic carbocycles. The second-order valence-electron chi connectivity index (χ2n) is 4.14. The number of fused-ring (bicyclic) bond motifs is 1. The molecule has 2 rings (SSSR count). The summed E-state index contributed by atoms with van der Waals surface area (Å²) in [6.07, 6.45) is 0.932. The molecule has 0 saturated heterocycles. The molecule has 1 unspecified atom stereocenters. The normalized spacial score (nSPS) is 18.3. The number of aromatic nitrogens is 2. The summed E-state index contributed by atoms with van der Waals surface area (Å²) in [5, 5.41) is 7.30. The lowest BCUT2D eigenvalue weighted by Gasteiger charge is -2.17. The number of nitrogens with zero attached hydrogens (tertiary/aromatic N) is 1. The molecule has 1 atom stereocenters. The minimum Gasteiger partial charge on any atom is -0.375 e. The average molecular weight is 195 g/mol. The van der Waals surface area contributed by atoms with E-state index >= 15 is 0 Å². The maximum absolute atomic E-state index is 6.08. The smallest absolute Gasteiger partial charge is 0.0885 e. The maximum Gasteiger partial charge on any atom is 0.0885 e. The highest BCUT2D eigenvalue weighted by molar-refractivity contribution is 5.29. The molecule has 78 valence electrons. The van der Waals surface area contributed by atoms with Crippen LogP contribution in [0.2, 0.25) is 0 Å². The SMILES string of the molecule is CC(C)C(N)c1n[nH]c2c1CCOC2. The molecule has 0 radical (unpaired) electrons. The van der Waals surface area contributed by atoms with Crippen LogP contribution in [0, 0.1) is 5.92 Å². The van der Waals surface area contributed by atoms with Crippen molar-refractivity contribution in [3.05, 3.63) is 17.0 Å². The van der Waals surface area contributed by atoms with Crippen molar-refractivity contribution in [3.8, 4) is 0 Å². The van der Waals surface area contributed by atoms with Gasteiger partial charge in [0, 0.05) is 5.56 Å². The fourth-order valence-electron chi connectivity index (χ4n) is 1.76. The average Bonchev–Trinajstić information content (AvgIpc) is 2.60. The zero-order chi connectivity index (χ0) is 10.1. The Morgan fingerprint density at radius 1 is 1.50 bits per heavy atom. The Kier molecular flexibility index (Phi) is 2.56. The van der Waals surface area contributed by atoms with Crippen LogP contribution in [0.3, 0.4) is 0 Å². The molecule has 0 saturated carbocycles. The van der Waals surface area contributed by atoms with Gasteiger partial charge in [0.1, 0.15) is 0 Å². The Balaban J connectivity index is 2.30. The summed E-state index contributed by atoms with van der Waals surface area (Å²) in [5.74, 6) is 0.422. The Labute approximate surface area is 83.8 Å². The van der Waals surface area contributed by atoms with Crippen LogP contribution in [0.15, 0.2) is 0 Å². The summed E-state index contributed by atoms with van der Waals surface area (Å²) in [5.41, 5.74) is 9.48. The molecular formula is C10H17N3O. The van der Waals surface area contributed by atoms with Gasteiger partial charge in [-0.25, -0.2) is 0 Å². The molecular weight excluding hydrogens is 178 g/mol. The fourth-order valence-corrected chi connectivity index (χ4v) is 1.76. The molecule has 0 amide bonds. The first-order valence-electron chi connectivity index (χ1n) is 5.09. The van der Waals surface area contributed by atoms with Gasteiger partial charge in [-0.3, -0.25) is 5.10 Å². The fraction of sp³-hybridized carbons (Fsp3) is 0.700. The van der Waals surface area contributed by atoms with Crippen LogP contribution in [-0.2, 0) is 17.8 Å². The highest BCUT2D eigenvalue weighted by Crippen LogP contribution is 2.25. The summed E-state index contributed by atoms with van der Waals surface area (Å²) >= 11 is 0. The van der Waals surface area contributed by atoms with E-state index in [-0.39, 0.29) is 6.04 Å². The number of nitrogens with two attached hydrogens (primary N) is 1. The van der Waals surface area contributed by atoms with Gasteiger partial charge in [0.05, 0.1) is 30.6 Å². The minimum atomic E-state index is 0.0353. The summed E-state index contributed by atoms with van der Waals surface area (Å²) in [4.78, 5) is 0. The third-order valence-electron chi connectivity index (χ3n) is 2.76.